The van der Waals surface area contributed by atoms with Crippen molar-refractivity contribution in [3.8, 4) is 0 Å². The highest BCUT2D eigenvalue weighted by molar-refractivity contribution is 5.92. The number of rotatable bonds is 0. The third-order valence-corrected chi connectivity index (χ3v) is 3.54. The number of nitrogens with zero attached hydrogens (tertiary/aromatic N) is 1. The molecule has 2 aliphatic rings. The molecule has 1 fully saturated rings. The molecule has 0 radical (unpaired) electrons. The topological polar surface area (TPSA) is 29.5 Å². The van der Waals surface area contributed by atoms with E-state index in [1.807, 2.05) is 23.1 Å². The molecule has 0 bridgehead atoms. The molecular weight excluding hydrogens is 190 g/mol. The zero-order valence-electron chi connectivity index (χ0n) is 8.64. The van der Waals surface area contributed by atoms with Gasteiger partial charge in [0.15, 0.2) is 0 Å². The molecule has 0 N–H and O–H groups in total. The number of amides is 1. The first kappa shape index (κ1) is 8.77. The molecule has 1 amide bonds. The van der Waals surface area contributed by atoms with Gasteiger partial charge in [0.05, 0.1) is 12.8 Å². The van der Waals surface area contributed by atoms with E-state index in [0.717, 1.165) is 12.1 Å². The maximum atomic E-state index is 11.7. The van der Waals surface area contributed by atoms with Crippen molar-refractivity contribution < 1.29 is 9.53 Å². The number of para-hydroxylation sites is 1. The van der Waals surface area contributed by atoms with E-state index in [2.05, 4.69) is 6.07 Å². The molecule has 3 rings (SSSR count). The summed E-state index contributed by atoms with van der Waals surface area (Å²) >= 11 is 0. The lowest BCUT2D eigenvalue weighted by atomic mass is 9.78. The van der Waals surface area contributed by atoms with Crippen LogP contribution >= 0.6 is 0 Å². The molecule has 78 valence electrons. The lowest BCUT2D eigenvalue weighted by Gasteiger charge is -2.35. The zero-order chi connectivity index (χ0) is 10.4. The molecule has 0 spiro atoms. The summed E-state index contributed by atoms with van der Waals surface area (Å²) in [4.78, 5) is 13.5. The fourth-order valence-electron chi connectivity index (χ4n) is 2.69. The smallest absolute Gasteiger partial charge is 0.414 e. The molecule has 2 unspecified atom stereocenters. The molecule has 0 aromatic heterocycles. The van der Waals surface area contributed by atoms with Crippen LogP contribution in [0.3, 0.4) is 0 Å². The highest BCUT2D eigenvalue weighted by atomic mass is 16.5. The molecule has 0 saturated heterocycles. The number of anilines is 1. The molecule has 1 aromatic rings. The predicted octanol–water partition coefficient (Wildman–Crippen LogP) is 2.52. The van der Waals surface area contributed by atoms with Crippen LogP contribution in [0.15, 0.2) is 24.3 Å². The van der Waals surface area contributed by atoms with E-state index in [1.54, 1.807) is 0 Å². The summed E-state index contributed by atoms with van der Waals surface area (Å²) in [5.74, 6) is 0.542. The zero-order valence-corrected chi connectivity index (χ0v) is 8.64. The van der Waals surface area contributed by atoms with E-state index in [-0.39, 0.29) is 6.09 Å². The maximum Gasteiger partial charge on any atom is 0.414 e. The first-order valence-electron chi connectivity index (χ1n) is 5.29. The van der Waals surface area contributed by atoms with Gasteiger partial charge < -0.3 is 4.74 Å². The van der Waals surface area contributed by atoms with Crippen LogP contribution in [0.4, 0.5) is 10.5 Å². The van der Waals surface area contributed by atoms with Gasteiger partial charge in [0.2, 0.25) is 0 Å². The molecule has 1 aliphatic carbocycles. The molecule has 2 atom stereocenters. The van der Waals surface area contributed by atoms with Crippen LogP contribution in [0, 0.1) is 0 Å². The van der Waals surface area contributed by atoms with Gasteiger partial charge in [-0.05, 0) is 24.5 Å². The van der Waals surface area contributed by atoms with E-state index in [0.29, 0.717) is 12.0 Å². The molecule has 3 heteroatoms. The van der Waals surface area contributed by atoms with Crippen LogP contribution in [-0.4, -0.2) is 19.2 Å². The van der Waals surface area contributed by atoms with Gasteiger partial charge in [-0.3, -0.25) is 4.90 Å². The summed E-state index contributed by atoms with van der Waals surface area (Å²) < 4.78 is 4.83. The Balaban J connectivity index is 2.06. The lowest BCUT2D eigenvalue weighted by Crippen LogP contribution is -2.43. The third-order valence-electron chi connectivity index (χ3n) is 3.54. The highest BCUT2D eigenvalue weighted by Gasteiger charge is 2.47. The van der Waals surface area contributed by atoms with E-state index in [1.165, 1.54) is 19.1 Å². The Labute approximate surface area is 88.6 Å². The summed E-state index contributed by atoms with van der Waals surface area (Å²) in [5, 5.41) is 0. The normalized spacial score (nSPS) is 26.6. The van der Waals surface area contributed by atoms with Gasteiger partial charge in [-0.15, -0.1) is 0 Å². The number of benzene rings is 1. The van der Waals surface area contributed by atoms with E-state index >= 15 is 0 Å². The SMILES string of the molecule is COC(=O)N1c2ccccc2C2CCC21. The Morgan fingerprint density at radius 1 is 1.40 bits per heavy atom. The van der Waals surface area contributed by atoms with Crippen molar-refractivity contribution in [1.29, 1.82) is 0 Å². The summed E-state index contributed by atoms with van der Waals surface area (Å²) in [6.07, 6.45) is 2.05. The van der Waals surface area contributed by atoms with Gasteiger partial charge in [-0.2, -0.15) is 0 Å². The predicted molar refractivity (Wildman–Crippen MR) is 57.1 cm³/mol. The van der Waals surface area contributed by atoms with Crippen LogP contribution in [0.5, 0.6) is 0 Å². The maximum absolute atomic E-state index is 11.7. The molecule has 1 heterocycles. The van der Waals surface area contributed by atoms with Crippen molar-refractivity contribution in [1.82, 2.24) is 0 Å². The van der Waals surface area contributed by atoms with Crippen molar-refractivity contribution >= 4 is 11.8 Å². The fraction of sp³-hybridized carbons (Fsp3) is 0.417. The Hall–Kier alpha value is -1.51. The molecular formula is C12H13NO2. The second kappa shape index (κ2) is 2.99. The van der Waals surface area contributed by atoms with Gasteiger partial charge >= 0.3 is 6.09 Å². The first-order valence-corrected chi connectivity index (χ1v) is 5.29. The van der Waals surface area contributed by atoms with Crippen molar-refractivity contribution in [3.05, 3.63) is 29.8 Å². The molecule has 1 aromatic carbocycles. The first-order chi connectivity index (χ1) is 7.33. The minimum atomic E-state index is -0.227. The van der Waals surface area contributed by atoms with Crippen LogP contribution in [0.1, 0.15) is 24.3 Å². The van der Waals surface area contributed by atoms with Crippen molar-refractivity contribution in [2.45, 2.75) is 24.8 Å². The van der Waals surface area contributed by atoms with Crippen LogP contribution in [-0.2, 0) is 4.74 Å². The Bertz CT molecular complexity index is 416. The second-order valence-corrected chi connectivity index (χ2v) is 4.15. The van der Waals surface area contributed by atoms with Crippen LogP contribution in [0.25, 0.3) is 0 Å². The van der Waals surface area contributed by atoms with Gasteiger partial charge in [0, 0.05) is 12.0 Å². The standard InChI is InChI=1S/C12H13NO2/c1-15-12(14)13-10-5-3-2-4-8(10)9-6-7-11(9)13/h2-5,9,11H,6-7H2,1H3. The Morgan fingerprint density at radius 2 is 2.20 bits per heavy atom. The number of carbonyl (C=O) groups is 1. The number of ether oxygens (including phenoxy) is 1. The fourth-order valence-corrected chi connectivity index (χ4v) is 2.69. The van der Waals surface area contributed by atoms with Crippen molar-refractivity contribution in [2.24, 2.45) is 0 Å². The summed E-state index contributed by atoms with van der Waals surface area (Å²) in [5.41, 5.74) is 2.34. The second-order valence-electron chi connectivity index (χ2n) is 4.15. The van der Waals surface area contributed by atoms with Gasteiger partial charge in [0.1, 0.15) is 0 Å². The summed E-state index contributed by atoms with van der Waals surface area (Å²) in [6.45, 7) is 0. The van der Waals surface area contributed by atoms with Gasteiger partial charge in [-0.25, -0.2) is 4.79 Å². The molecule has 1 saturated carbocycles. The minimum Gasteiger partial charge on any atom is -0.452 e. The number of carbonyl (C=O) groups excluding carboxylic acids is 1. The van der Waals surface area contributed by atoms with Crippen LogP contribution < -0.4 is 4.90 Å². The quantitative estimate of drug-likeness (QED) is 0.648. The lowest BCUT2D eigenvalue weighted by molar-refractivity contribution is 0.171. The highest BCUT2D eigenvalue weighted by Crippen LogP contribution is 2.51. The molecule has 3 nitrogen and oxygen atoms in total. The van der Waals surface area contributed by atoms with E-state index < -0.39 is 0 Å². The van der Waals surface area contributed by atoms with Crippen molar-refractivity contribution in [2.75, 3.05) is 12.0 Å². The van der Waals surface area contributed by atoms with Gasteiger partial charge in [0.25, 0.3) is 0 Å². The number of hydrogen-bond donors (Lipinski definition) is 0. The average Bonchev–Trinajstić information content (AvgIpc) is 2.45. The monoisotopic (exact) mass is 203 g/mol. The summed E-state index contributed by atoms with van der Waals surface area (Å²) in [6, 6.07) is 8.48. The number of hydrogen-bond acceptors (Lipinski definition) is 2. The van der Waals surface area contributed by atoms with Gasteiger partial charge in [-0.1, -0.05) is 18.2 Å². The average molecular weight is 203 g/mol. The van der Waals surface area contributed by atoms with E-state index in [9.17, 15) is 4.79 Å². The van der Waals surface area contributed by atoms with Crippen LogP contribution in [0.2, 0.25) is 0 Å². The third kappa shape index (κ3) is 1.03. The number of methoxy groups -OCH3 is 1. The summed E-state index contributed by atoms with van der Waals surface area (Å²) in [7, 11) is 1.44. The number of fused-ring (bicyclic) bond motifs is 3. The Kier molecular flexibility index (Phi) is 1.75. The Morgan fingerprint density at radius 3 is 2.87 bits per heavy atom. The minimum absolute atomic E-state index is 0.227. The molecule has 15 heavy (non-hydrogen) atoms. The van der Waals surface area contributed by atoms with Crippen molar-refractivity contribution in [3.63, 3.8) is 0 Å². The van der Waals surface area contributed by atoms with E-state index in [4.69, 9.17) is 4.74 Å². The largest absolute Gasteiger partial charge is 0.452 e. The molecule has 1 aliphatic heterocycles.